The Morgan fingerprint density at radius 2 is 2.00 bits per heavy atom. The molecule has 0 aliphatic carbocycles. The molecule has 1 aromatic carbocycles. The Bertz CT molecular complexity index is 864. The highest BCUT2D eigenvalue weighted by atomic mass is 16.5. The van der Waals surface area contributed by atoms with Gasteiger partial charge in [0.05, 0.1) is 6.61 Å². The van der Waals surface area contributed by atoms with Gasteiger partial charge in [0.25, 0.3) is 0 Å². The van der Waals surface area contributed by atoms with Crippen molar-refractivity contribution in [3.8, 4) is 5.82 Å². The molecule has 0 bridgehead atoms. The van der Waals surface area contributed by atoms with Crippen LogP contribution in [-0.4, -0.2) is 39.4 Å². The van der Waals surface area contributed by atoms with Crippen LogP contribution in [0.3, 0.4) is 0 Å². The van der Waals surface area contributed by atoms with Gasteiger partial charge in [-0.3, -0.25) is 0 Å². The van der Waals surface area contributed by atoms with Crippen LogP contribution in [0, 0.1) is 6.92 Å². The Morgan fingerprint density at radius 1 is 1.16 bits per heavy atom. The van der Waals surface area contributed by atoms with E-state index in [-0.39, 0.29) is 6.10 Å². The molecule has 2 aromatic heterocycles. The van der Waals surface area contributed by atoms with Crippen molar-refractivity contribution >= 4 is 11.5 Å². The molecule has 0 radical (unpaired) electrons. The van der Waals surface area contributed by atoms with E-state index in [2.05, 4.69) is 39.0 Å². The number of benzene rings is 1. The molecule has 4 rings (SSSR count). The minimum absolute atomic E-state index is 0.00234. The molecule has 1 saturated heterocycles. The van der Waals surface area contributed by atoms with Gasteiger partial charge in [-0.1, -0.05) is 24.3 Å². The first-order valence-electron chi connectivity index (χ1n) is 8.26. The summed E-state index contributed by atoms with van der Waals surface area (Å²) in [6.07, 6.45) is 5.04. The Kier molecular flexibility index (Phi) is 4.07. The Morgan fingerprint density at radius 3 is 2.80 bits per heavy atom. The molecule has 2 N–H and O–H groups in total. The van der Waals surface area contributed by atoms with Gasteiger partial charge in [0.1, 0.15) is 18.1 Å². The molecular weight excluding hydrogens is 316 g/mol. The van der Waals surface area contributed by atoms with Gasteiger partial charge >= 0.3 is 0 Å². The van der Waals surface area contributed by atoms with Gasteiger partial charge in [-0.05, 0) is 24.1 Å². The summed E-state index contributed by atoms with van der Waals surface area (Å²) in [4.78, 5) is 10.8. The Hall–Kier alpha value is -2.93. The number of hydrogen-bond donors (Lipinski definition) is 1. The van der Waals surface area contributed by atoms with Gasteiger partial charge in [-0.25, -0.2) is 14.6 Å². The maximum Gasteiger partial charge on any atom is 0.181 e. The van der Waals surface area contributed by atoms with Crippen LogP contribution < -0.4 is 10.6 Å². The number of nitrogens with two attached hydrogens (primary N) is 1. The van der Waals surface area contributed by atoms with Gasteiger partial charge in [-0.15, -0.1) is 0 Å². The second-order valence-corrected chi connectivity index (χ2v) is 6.05. The number of aryl methyl sites for hydroxylation is 1. The topological polar surface area (TPSA) is 82.1 Å². The highest BCUT2D eigenvalue weighted by Gasteiger charge is 2.26. The van der Waals surface area contributed by atoms with Crippen LogP contribution >= 0.6 is 0 Å². The number of nitrogens with zero attached hydrogens (tertiary/aromatic N) is 5. The van der Waals surface area contributed by atoms with Crippen LogP contribution in [0.4, 0.5) is 11.5 Å². The van der Waals surface area contributed by atoms with Crippen molar-refractivity contribution in [2.75, 3.05) is 30.3 Å². The second-order valence-electron chi connectivity index (χ2n) is 6.05. The van der Waals surface area contributed by atoms with Crippen molar-refractivity contribution in [2.24, 2.45) is 0 Å². The highest BCUT2D eigenvalue weighted by Crippen LogP contribution is 2.31. The fourth-order valence-corrected chi connectivity index (χ4v) is 3.18. The molecule has 1 aliphatic rings. The standard InChI is InChI=1S/C18H20N6O/c1-13-5-2-3-6-14(13)15-11-23(9-10-25-15)17-16(19)18(21-12-20-17)24-8-4-7-22-24/h2-8,12,15H,9-11,19H2,1H3/t15-/m0/s1. The van der Waals surface area contributed by atoms with Crippen molar-refractivity contribution in [1.82, 2.24) is 19.7 Å². The fraction of sp³-hybridized carbons (Fsp3) is 0.278. The highest BCUT2D eigenvalue weighted by molar-refractivity contribution is 5.70. The van der Waals surface area contributed by atoms with Gasteiger partial charge in [0, 0.05) is 25.5 Å². The third-order valence-electron chi connectivity index (χ3n) is 4.46. The van der Waals surface area contributed by atoms with E-state index in [9.17, 15) is 0 Å². The minimum Gasteiger partial charge on any atom is -0.393 e. The number of rotatable bonds is 3. The maximum atomic E-state index is 6.35. The molecule has 128 valence electrons. The molecule has 0 unspecified atom stereocenters. The average Bonchev–Trinajstić information content (AvgIpc) is 3.17. The average molecular weight is 336 g/mol. The Balaban J connectivity index is 1.64. The number of hydrogen-bond acceptors (Lipinski definition) is 6. The van der Waals surface area contributed by atoms with Crippen molar-refractivity contribution < 1.29 is 4.74 Å². The van der Waals surface area contributed by atoms with Gasteiger partial charge in [0.15, 0.2) is 11.6 Å². The van der Waals surface area contributed by atoms with E-state index in [0.29, 0.717) is 24.7 Å². The normalized spacial score (nSPS) is 17.6. The lowest BCUT2D eigenvalue weighted by Gasteiger charge is -2.35. The predicted molar refractivity (Wildman–Crippen MR) is 95.7 cm³/mol. The number of morpholine rings is 1. The van der Waals surface area contributed by atoms with Crippen LogP contribution in [0.15, 0.2) is 49.1 Å². The van der Waals surface area contributed by atoms with E-state index < -0.39 is 0 Å². The van der Waals surface area contributed by atoms with Gasteiger partial charge < -0.3 is 15.4 Å². The van der Waals surface area contributed by atoms with Crippen molar-refractivity contribution in [2.45, 2.75) is 13.0 Å². The van der Waals surface area contributed by atoms with Crippen LogP contribution in [0.2, 0.25) is 0 Å². The SMILES string of the molecule is Cc1ccccc1[C@@H]1CN(c2ncnc(-n3cccn3)c2N)CCO1. The third-order valence-corrected chi connectivity index (χ3v) is 4.46. The molecule has 25 heavy (non-hydrogen) atoms. The van der Waals surface area contributed by atoms with Crippen molar-refractivity contribution in [3.05, 3.63) is 60.2 Å². The quantitative estimate of drug-likeness (QED) is 0.789. The first-order chi connectivity index (χ1) is 12.2. The van der Waals surface area contributed by atoms with Crippen LogP contribution in [0.1, 0.15) is 17.2 Å². The van der Waals surface area contributed by atoms with E-state index >= 15 is 0 Å². The maximum absolute atomic E-state index is 6.35. The summed E-state index contributed by atoms with van der Waals surface area (Å²) in [6.45, 7) is 4.17. The molecule has 1 aliphatic heterocycles. The molecule has 0 amide bonds. The number of nitrogen functional groups attached to an aromatic ring is 1. The Labute approximate surface area is 146 Å². The summed E-state index contributed by atoms with van der Waals surface area (Å²) < 4.78 is 7.65. The molecule has 3 aromatic rings. The third kappa shape index (κ3) is 2.94. The smallest absolute Gasteiger partial charge is 0.181 e. The van der Waals surface area contributed by atoms with Crippen LogP contribution in [0.5, 0.6) is 0 Å². The summed E-state index contributed by atoms with van der Waals surface area (Å²) in [5.41, 5.74) is 9.30. The molecule has 0 spiro atoms. The largest absolute Gasteiger partial charge is 0.393 e. The van der Waals surface area contributed by atoms with Gasteiger partial charge in [0.2, 0.25) is 0 Å². The molecular formula is C18H20N6O. The zero-order valence-electron chi connectivity index (χ0n) is 14.0. The monoisotopic (exact) mass is 336 g/mol. The predicted octanol–water partition coefficient (Wildman–Crippen LogP) is 2.13. The van der Waals surface area contributed by atoms with Crippen molar-refractivity contribution in [1.29, 1.82) is 0 Å². The lowest BCUT2D eigenvalue weighted by atomic mass is 10.0. The van der Waals surface area contributed by atoms with Gasteiger partial charge in [-0.2, -0.15) is 5.10 Å². The molecule has 3 heterocycles. The zero-order valence-corrected chi connectivity index (χ0v) is 14.0. The zero-order chi connectivity index (χ0) is 17.2. The van der Waals surface area contributed by atoms with E-state index in [1.165, 1.54) is 17.5 Å². The molecule has 1 atom stereocenters. The first-order valence-corrected chi connectivity index (χ1v) is 8.26. The van der Waals surface area contributed by atoms with E-state index in [1.807, 2.05) is 24.4 Å². The summed E-state index contributed by atoms with van der Waals surface area (Å²) in [5.74, 6) is 1.32. The lowest BCUT2D eigenvalue weighted by molar-refractivity contribution is 0.0392. The number of aromatic nitrogens is 4. The van der Waals surface area contributed by atoms with E-state index in [1.54, 1.807) is 10.9 Å². The first kappa shape index (κ1) is 15.6. The van der Waals surface area contributed by atoms with E-state index in [4.69, 9.17) is 10.5 Å². The van der Waals surface area contributed by atoms with E-state index in [0.717, 1.165) is 12.4 Å². The second kappa shape index (κ2) is 6.52. The molecule has 7 heteroatoms. The van der Waals surface area contributed by atoms with Crippen LogP contribution in [-0.2, 0) is 4.74 Å². The number of ether oxygens (including phenoxy) is 1. The van der Waals surface area contributed by atoms with Crippen molar-refractivity contribution in [3.63, 3.8) is 0 Å². The van der Waals surface area contributed by atoms with Crippen LogP contribution in [0.25, 0.3) is 5.82 Å². The lowest BCUT2D eigenvalue weighted by Crippen LogP contribution is -2.39. The molecule has 7 nitrogen and oxygen atoms in total. The summed E-state index contributed by atoms with van der Waals surface area (Å²) in [6, 6.07) is 10.1. The molecule has 1 fully saturated rings. The summed E-state index contributed by atoms with van der Waals surface area (Å²) in [7, 11) is 0. The summed E-state index contributed by atoms with van der Waals surface area (Å²) >= 11 is 0. The summed E-state index contributed by atoms with van der Waals surface area (Å²) in [5, 5.41) is 4.21. The number of anilines is 2. The fourth-order valence-electron chi connectivity index (χ4n) is 3.18. The minimum atomic E-state index is -0.00234. The molecule has 0 saturated carbocycles.